The maximum absolute atomic E-state index is 12.5. The van der Waals surface area contributed by atoms with Crippen molar-refractivity contribution in [2.24, 2.45) is 0 Å². The third-order valence-corrected chi connectivity index (χ3v) is 17.2. The van der Waals surface area contributed by atoms with E-state index in [0.717, 1.165) is 38.5 Å². The van der Waals surface area contributed by atoms with Gasteiger partial charge in [-0.05, 0) is 57.8 Å². The number of carbonyl (C=O) groups excluding carboxylic acids is 2. The van der Waals surface area contributed by atoms with Crippen molar-refractivity contribution in [3.63, 3.8) is 0 Å². The second-order valence-corrected chi connectivity index (χ2v) is 25.3. The Morgan fingerprint density at radius 1 is 0.338 bits per heavy atom. The summed E-state index contributed by atoms with van der Waals surface area (Å²) in [7, 11) is 0. The molecule has 0 rings (SSSR count). The summed E-state index contributed by atoms with van der Waals surface area (Å²) in [4.78, 5) is 24.6. The fraction of sp³-hybridized carbons (Fsp3) is 0.919. The monoisotopic (exact) mass is 1130 g/mol. The van der Waals surface area contributed by atoms with Crippen LogP contribution in [0.3, 0.4) is 0 Å². The van der Waals surface area contributed by atoms with Gasteiger partial charge in [-0.1, -0.05) is 366 Å². The first-order chi connectivity index (χ1) is 39.5. The number of aliphatic hydroxyl groups is 2. The molecule has 0 bridgehead atoms. The fourth-order valence-corrected chi connectivity index (χ4v) is 11.6. The number of nitrogens with one attached hydrogen (secondary N) is 1. The van der Waals surface area contributed by atoms with Crippen LogP contribution in [0.4, 0.5) is 0 Å². The lowest BCUT2D eigenvalue weighted by molar-refractivity contribution is -0.143. The number of rotatable bonds is 69. The zero-order valence-electron chi connectivity index (χ0n) is 54.3. The van der Waals surface area contributed by atoms with Crippen LogP contribution in [-0.2, 0) is 14.3 Å². The van der Waals surface area contributed by atoms with Crippen molar-refractivity contribution >= 4 is 11.9 Å². The minimum atomic E-state index is -0.845. The van der Waals surface area contributed by atoms with Crippen LogP contribution < -0.4 is 5.32 Å². The quantitative estimate of drug-likeness (QED) is 0.0320. The van der Waals surface area contributed by atoms with Crippen LogP contribution in [0.15, 0.2) is 24.3 Å². The van der Waals surface area contributed by atoms with Crippen LogP contribution in [0, 0.1) is 0 Å². The highest BCUT2D eigenvalue weighted by molar-refractivity contribution is 5.76. The van der Waals surface area contributed by atoms with Crippen molar-refractivity contribution in [1.29, 1.82) is 0 Å². The van der Waals surface area contributed by atoms with Gasteiger partial charge in [0.2, 0.25) is 5.91 Å². The molecule has 2 atom stereocenters. The van der Waals surface area contributed by atoms with Crippen LogP contribution in [0.5, 0.6) is 0 Å². The molecular formula is C74H143NO5. The minimum absolute atomic E-state index is 0.0169. The van der Waals surface area contributed by atoms with Crippen LogP contribution in [0.2, 0.25) is 0 Å². The molecule has 0 aliphatic heterocycles. The van der Waals surface area contributed by atoms with Crippen molar-refractivity contribution in [1.82, 2.24) is 5.32 Å². The highest BCUT2D eigenvalue weighted by Crippen LogP contribution is 2.19. The third kappa shape index (κ3) is 65.5. The second-order valence-electron chi connectivity index (χ2n) is 25.3. The predicted molar refractivity (Wildman–Crippen MR) is 352 cm³/mol. The lowest BCUT2D eigenvalue weighted by Crippen LogP contribution is -2.45. The van der Waals surface area contributed by atoms with Gasteiger partial charge in [-0.25, -0.2) is 0 Å². The van der Waals surface area contributed by atoms with E-state index in [1.165, 1.54) is 347 Å². The lowest BCUT2D eigenvalue weighted by atomic mass is 10.0. The molecule has 0 aromatic rings. The molecule has 0 radical (unpaired) electrons. The molecule has 0 aliphatic carbocycles. The Hall–Kier alpha value is -1.66. The van der Waals surface area contributed by atoms with Crippen molar-refractivity contribution in [2.45, 2.75) is 424 Å². The Labute approximate surface area is 501 Å². The summed E-state index contributed by atoms with van der Waals surface area (Å²) in [5.74, 6) is -0.0463. The first kappa shape index (κ1) is 78.3. The van der Waals surface area contributed by atoms with E-state index in [0.29, 0.717) is 19.4 Å². The smallest absolute Gasteiger partial charge is 0.305 e. The van der Waals surface area contributed by atoms with Gasteiger partial charge in [-0.2, -0.15) is 0 Å². The predicted octanol–water partition coefficient (Wildman–Crippen LogP) is 23.7. The number of esters is 1. The number of amides is 1. The van der Waals surface area contributed by atoms with E-state index in [1.54, 1.807) is 6.08 Å². The van der Waals surface area contributed by atoms with Crippen molar-refractivity contribution in [3.05, 3.63) is 24.3 Å². The van der Waals surface area contributed by atoms with Crippen molar-refractivity contribution in [2.75, 3.05) is 13.2 Å². The lowest BCUT2D eigenvalue weighted by Gasteiger charge is -2.20. The fourth-order valence-electron chi connectivity index (χ4n) is 11.6. The molecule has 1 amide bonds. The van der Waals surface area contributed by atoms with Crippen LogP contribution in [0.25, 0.3) is 0 Å². The average molecular weight is 1130 g/mol. The highest BCUT2D eigenvalue weighted by Gasteiger charge is 2.18. The summed E-state index contributed by atoms with van der Waals surface area (Å²) in [5, 5.41) is 23.3. The summed E-state index contributed by atoms with van der Waals surface area (Å²) in [6.07, 6.45) is 88.4. The van der Waals surface area contributed by atoms with Crippen LogP contribution >= 0.6 is 0 Å². The van der Waals surface area contributed by atoms with Crippen molar-refractivity contribution < 1.29 is 24.5 Å². The molecule has 6 nitrogen and oxygen atoms in total. The molecule has 474 valence electrons. The van der Waals surface area contributed by atoms with Crippen LogP contribution in [0.1, 0.15) is 412 Å². The Morgan fingerprint density at radius 3 is 0.887 bits per heavy atom. The van der Waals surface area contributed by atoms with E-state index in [4.69, 9.17) is 4.74 Å². The number of hydrogen-bond acceptors (Lipinski definition) is 5. The SMILES string of the molecule is CCCCCCCCCCCCCCCCCCCCCCC/C=C/C(O)C(CO)NC(=O)CCCCCCCCCCCCCC/C=C\CCCCCCCCCCCCCCOC(=O)CCCCCCCCCCCCCC. The molecule has 0 heterocycles. The van der Waals surface area contributed by atoms with E-state index in [9.17, 15) is 19.8 Å². The van der Waals surface area contributed by atoms with E-state index in [1.807, 2.05) is 6.08 Å². The Morgan fingerprint density at radius 2 is 0.588 bits per heavy atom. The standard InChI is InChI=1S/C74H143NO5/c1-3-5-7-9-11-13-15-17-18-19-20-21-28-31-34-37-40-43-46-50-54-58-62-66-72(77)71(70-76)75-73(78)67-63-59-55-51-47-44-41-38-35-32-29-26-24-22-23-25-27-30-33-36-39-42-45-49-53-57-61-65-69-80-74(79)68-64-60-56-52-48-16-14-12-10-8-6-4-2/h22-23,62,66,71-72,76-77H,3-21,24-61,63-65,67-70H2,1-2H3,(H,75,78)/b23-22-,66-62+. The molecule has 6 heteroatoms. The summed E-state index contributed by atoms with van der Waals surface area (Å²) >= 11 is 0. The summed E-state index contributed by atoms with van der Waals surface area (Å²) in [6, 6.07) is -0.629. The Balaban J connectivity index is 3.40. The van der Waals surface area contributed by atoms with Gasteiger partial charge < -0.3 is 20.3 Å². The average Bonchev–Trinajstić information content (AvgIpc) is 3.46. The van der Waals surface area contributed by atoms with Gasteiger partial charge in [0.25, 0.3) is 0 Å². The van der Waals surface area contributed by atoms with Gasteiger partial charge in [-0.3, -0.25) is 9.59 Å². The summed E-state index contributed by atoms with van der Waals surface area (Å²) in [6.45, 7) is 4.95. The first-order valence-electron chi connectivity index (χ1n) is 36.6. The number of hydrogen-bond donors (Lipinski definition) is 3. The van der Waals surface area contributed by atoms with Gasteiger partial charge in [0.05, 0.1) is 25.4 Å². The molecule has 0 aromatic carbocycles. The number of carbonyl (C=O) groups is 2. The zero-order valence-corrected chi connectivity index (χ0v) is 54.3. The topological polar surface area (TPSA) is 95.9 Å². The number of unbranched alkanes of at least 4 members (excludes halogenated alkanes) is 56. The maximum atomic E-state index is 12.5. The zero-order chi connectivity index (χ0) is 57.8. The Bertz CT molecular complexity index is 1250. The van der Waals surface area contributed by atoms with E-state index in [-0.39, 0.29) is 18.5 Å². The van der Waals surface area contributed by atoms with Gasteiger partial charge in [0.1, 0.15) is 0 Å². The summed E-state index contributed by atoms with van der Waals surface area (Å²) in [5.41, 5.74) is 0. The molecule has 0 aliphatic rings. The van der Waals surface area contributed by atoms with Gasteiger partial charge in [0, 0.05) is 12.8 Å². The summed E-state index contributed by atoms with van der Waals surface area (Å²) < 4.78 is 5.48. The van der Waals surface area contributed by atoms with Crippen molar-refractivity contribution in [3.8, 4) is 0 Å². The van der Waals surface area contributed by atoms with Crippen LogP contribution in [-0.4, -0.2) is 47.4 Å². The number of allylic oxidation sites excluding steroid dienone is 3. The molecule has 0 aromatic heterocycles. The molecule has 3 N–H and O–H groups in total. The molecule has 2 unspecified atom stereocenters. The molecule has 0 saturated carbocycles. The second kappa shape index (κ2) is 69.8. The first-order valence-corrected chi connectivity index (χ1v) is 36.6. The van der Waals surface area contributed by atoms with Gasteiger partial charge >= 0.3 is 5.97 Å². The number of aliphatic hydroxyl groups excluding tert-OH is 2. The largest absolute Gasteiger partial charge is 0.466 e. The number of ether oxygens (including phenoxy) is 1. The molecule has 0 fully saturated rings. The third-order valence-electron chi connectivity index (χ3n) is 17.2. The van der Waals surface area contributed by atoms with Gasteiger partial charge in [-0.15, -0.1) is 0 Å². The van der Waals surface area contributed by atoms with E-state index in [2.05, 4.69) is 31.3 Å². The van der Waals surface area contributed by atoms with E-state index >= 15 is 0 Å². The molecular weight excluding hydrogens is 983 g/mol. The molecule has 80 heavy (non-hydrogen) atoms. The normalized spacial score (nSPS) is 12.6. The maximum Gasteiger partial charge on any atom is 0.305 e. The van der Waals surface area contributed by atoms with Gasteiger partial charge in [0.15, 0.2) is 0 Å². The Kier molecular flexibility index (Phi) is 68.4. The minimum Gasteiger partial charge on any atom is -0.466 e. The van der Waals surface area contributed by atoms with E-state index < -0.39 is 12.1 Å². The molecule has 0 spiro atoms. The molecule has 0 saturated heterocycles. The highest BCUT2D eigenvalue weighted by atomic mass is 16.5.